The first-order chi connectivity index (χ1) is 16.6. The van der Waals surface area contributed by atoms with Crippen LogP contribution >= 0.6 is 0 Å². The van der Waals surface area contributed by atoms with E-state index < -0.39 is 0 Å². The van der Waals surface area contributed by atoms with E-state index in [0.717, 1.165) is 6.42 Å². The number of anilines is 1. The number of rotatable bonds is 5. The summed E-state index contributed by atoms with van der Waals surface area (Å²) in [4.78, 5) is 35.2. The predicted octanol–water partition coefficient (Wildman–Crippen LogP) is 2.55. The molecule has 1 amide bonds. The Morgan fingerprint density at radius 2 is 1.79 bits per heavy atom. The van der Waals surface area contributed by atoms with Crippen LogP contribution in [0.1, 0.15) is 23.7 Å². The highest BCUT2D eigenvalue weighted by Crippen LogP contribution is 2.33. The fraction of sp³-hybridized carbons (Fsp3) is 0.400. The smallest absolute Gasteiger partial charge is 0.262 e. The third kappa shape index (κ3) is 4.02. The van der Waals surface area contributed by atoms with E-state index in [4.69, 9.17) is 19.2 Å². The molecule has 2 aliphatic heterocycles. The Labute approximate surface area is 197 Å². The van der Waals surface area contributed by atoms with Crippen molar-refractivity contribution in [3.8, 4) is 17.2 Å². The SMILES string of the molecule is CCCn1c(N2CCN(C(=O)c3cccc(OC)c3)CC2)nc2cc3c(cc2c1=O)OCCO3. The number of hydrogen-bond acceptors (Lipinski definition) is 7. The van der Waals surface area contributed by atoms with Crippen LogP contribution in [0.25, 0.3) is 10.9 Å². The zero-order chi connectivity index (χ0) is 23.7. The Kier molecular flexibility index (Phi) is 6.00. The van der Waals surface area contributed by atoms with Crippen LogP contribution in [0.2, 0.25) is 0 Å². The van der Waals surface area contributed by atoms with Gasteiger partial charge in [-0.1, -0.05) is 13.0 Å². The normalized spacial score (nSPS) is 15.5. The van der Waals surface area contributed by atoms with Crippen molar-refractivity contribution in [3.63, 3.8) is 0 Å². The molecule has 0 N–H and O–H groups in total. The maximum atomic E-state index is 13.4. The maximum absolute atomic E-state index is 13.4. The van der Waals surface area contributed by atoms with Gasteiger partial charge in [-0.3, -0.25) is 14.2 Å². The third-order valence-corrected chi connectivity index (χ3v) is 6.21. The number of carbonyl (C=O) groups excluding carboxylic acids is 1. The van der Waals surface area contributed by atoms with Gasteiger partial charge in [0.05, 0.1) is 18.0 Å². The van der Waals surface area contributed by atoms with Gasteiger partial charge in [-0.25, -0.2) is 4.98 Å². The number of carbonyl (C=O) groups is 1. The average molecular weight is 465 g/mol. The molecule has 0 saturated carbocycles. The van der Waals surface area contributed by atoms with E-state index in [1.54, 1.807) is 35.9 Å². The molecule has 0 bridgehead atoms. The van der Waals surface area contributed by atoms with Gasteiger partial charge >= 0.3 is 0 Å². The van der Waals surface area contributed by atoms with Crippen molar-refractivity contribution in [2.75, 3.05) is 51.4 Å². The predicted molar refractivity (Wildman–Crippen MR) is 128 cm³/mol. The summed E-state index contributed by atoms with van der Waals surface area (Å²) in [6, 6.07) is 10.7. The highest BCUT2D eigenvalue weighted by Gasteiger charge is 2.26. The number of ether oxygens (including phenoxy) is 3. The number of amides is 1. The molecular weight excluding hydrogens is 436 g/mol. The van der Waals surface area contributed by atoms with Crippen molar-refractivity contribution in [1.29, 1.82) is 0 Å². The van der Waals surface area contributed by atoms with Gasteiger partial charge in [0.1, 0.15) is 19.0 Å². The molecule has 0 atom stereocenters. The number of piperazine rings is 1. The third-order valence-electron chi connectivity index (χ3n) is 6.21. The first-order valence-electron chi connectivity index (χ1n) is 11.6. The average Bonchev–Trinajstić information content (AvgIpc) is 2.89. The summed E-state index contributed by atoms with van der Waals surface area (Å²) in [6.07, 6.45) is 0.805. The van der Waals surface area contributed by atoms with Gasteiger partial charge in [0.25, 0.3) is 11.5 Å². The number of benzene rings is 2. The molecule has 2 aromatic carbocycles. The summed E-state index contributed by atoms with van der Waals surface area (Å²) in [5.74, 6) is 2.45. The van der Waals surface area contributed by atoms with E-state index in [2.05, 4.69) is 4.90 Å². The van der Waals surface area contributed by atoms with E-state index in [1.165, 1.54) is 0 Å². The Morgan fingerprint density at radius 1 is 1.06 bits per heavy atom. The van der Waals surface area contributed by atoms with Crippen LogP contribution in [0.4, 0.5) is 5.95 Å². The fourth-order valence-electron chi connectivity index (χ4n) is 4.46. The molecule has 2 aliphatic rings. The molecule has 0 radical (unpaired) electrons. The highest BCUT2D eigenvalue weighted by molar-refractivity contribution is 5.94. The van der Waals surface area contributed by atoms with Crippen molar-refractivity contribution < 1.29 is 19.0 Å². The Balaban J connectivity index is 1.42. The van der Waals surface area contributed by atoms with E-state index in [-0.39, 0.29) is 11.5 Å². The lowest BCUT2D eigenvalue weighted by molar-refractivity contribution is 0.0745. The molecule has 1 saturated heterocycles. The lowest BCUT2D eigenvalue weighted by Gasteiger charge is -2.36. The minimum absolute atomic E-state index is 0.0280. The first kappa shape index (κ1) is 22.1. The van der Waals surface area contributed by atoms with Gasteiger partial charge in [0, 0.05) is 44.4 Å². The van der Waals surface area contributed by atoms with Crippen molar-refractivity contribution in [2.45, 2.75) is 19.9 Å². The lowest BCUT2D eigenvalue weighted by atomic mass is 10.1. The van der Waals surface area contributed by atoms with Crippen molar-refractivity contribution >= 4 is 22.8 Å². The summed E-state index contributed by atoms with van der Waals surface area (Å²) >= 11 is 0. The van der Waals surface area contributed by atoms with Crippen LogP contribution in [0.15, 0.2) is 41.2 Å². The number of methoxy groups -OCH3 is 1. The van der Waals surface area contributed by atoms with Crippen molar-refractivity contribution in [3.05, 3.63) is 52.3 Å². The maximum Gasteiger partial charge on any atom is 0.262 e. The van der Waals surface area contributed by atoms with E-state index in [1.807, 2.05) is 24.0 Å². The summed E-state index contributed by atoms with van der Waals surface area (Å²) in [6.45, 7) is 5.79. The Hall–Kier alpha value is -3.75. The van der Waals surface area contributed by atoms with Gasteiger partial charge in [-0.2, -0.15) is 0 Å². The van der Waals surface area contributed by atoms with Gasteiger partial charge in [-0.05, 0) is 30.7 Å². The standard InChI is InChI=1S/C25H28N4O5/c1-3-7-29-24(31)19-15-21-22(34-13-12-33-21)16-20(19)26-25(29)28-10-8-27(9-11-28)23(30)17-5-4-6-18(14-17)32-2/h4-6,14-16H,3,7-13H2,1-2H3. The molecule has 0 spiro atoms. The van der Waals surface area contributed by atoms with Gasteiger partial charge < -0.3 is 24.0 Å². The zero-order valence-corrected chi connectivity index (χ0v) is 19.5. The molecule has 3 aromatic rings. The Bertz CT molecular complexity index is 1280. The van der Waals surface area contributed by atoms with Gasteiger partial charge in [0.15, 0.2) is 11.5 Å². The second-order valence-electron chi connectivity index (χ2n) is 8.39. The van der Waals surface area contributed by atoms with Crippen LogP contribution in [-0.4, -0.2) is 66.9 Å². The Morgan fingerprint density at radius 3 is 2.50 bits per heavy atom. The minimum Gasteiger partial charge on any atom is -0.497 e. The van der Waals surface area contributed by atoms with E-state index in [0.29, 0.717) is 85.6 Å². The minimum atomic E-state index is -0.0892. The lowest BCUT2D eigenvalue weighted by Crippen LogP contribution is -2.50. The topological polar surface area (TPSA) is 86.1 Å². The van der Waals surface area contributed by atoms with Crippen molar-refractivity contribution in [2.24, 2.45) is 0 Å². The molecule has 5 rings (SSSR count). The van der Waals surface area contributed by atoms with E-state index >= 15 is 0 Å². The van der Waals surface area contributed by atoms with Crippen LogP contribution < -0.4 is 24.7 Å². The largest absolute Gasteiger partial charge is 0.497 e. The van der Waals surface area contributed by atoms with Crippen molar-refractivity contribution in [1.82, 2.24) is 14.5 Å². The molecular formula is C25H28N4O5. The molecule has 0 unspecified atom stereocenters. The number of aromatic nitrogens is 2. The molecule has 9 heteroatoms. The molecule has 0 aliphatic carbocycles. The summed E-state index contributed by atoms with van der Waals surface area (Å²) in [5, 5.41) is 0.522. The highest BCUT2D eigenvalue weighted by atomic mass is 16.6. The fourth-order valence-corrected chi connectivity index (χ4v) is 4.46. The number of hydrogen-bond donors (Lipinski definition) is 0. The second-order valence-corrected chi connectivity index (χ2v) is 8.39. The molecule has 3 heterocycles. The number of fused-ring (bicyclic) bond motifs is 2. The number of nitrogens with zero attached hydrogens (tertiary/aromatic N) is 4. The van der Waals surface area contributed by atoms with E-state index in [9.17, 15) is 9.59 Å². The molecule has 1 fully saturated rings. The quantitative estimate of drug-likeness (QED) is 0.574. The van der Waals surface area contributed by atoms with Crippen LogP contribution in [0, 0.1) is 0 Å². The van der Waals surface area contributed by atoms with Gasteiger partial charge in [-0.15, -0.1) is 0 Å². The molecule has 178 valence electrons. The summed E-state index contributed by atoms with van der Waals surface area (Å²) in [7, 11) is 1.59. The van der Waals surface area contributed by atoms with Gasteiger partial charge in [0.2, 0.25) is 5.95 Å². The first-order valence-corrected chi connectivity index (χ1v) is 11.6. The summed E-state index contributed by atoms with van der Waals surface area (Å²) in [5.41, 5.74) is 1.10. The molecule has 9 nitrogen and oxygen atoms in total. The van der Waals surface area contributed by atoms with Crippen LogP contribution in [-0.2, 0) is 6.54 Å². The monoisotopic (exact) mass is 464 g/mol. The molecule has 34 heavy (non-hydrogen) atoms. The zero-order valence-electron chi connectivity index (χ0n) is 19.5. The summed E-state index contributed by atoms with van der Waals surface area (Å²) < 4.78 is 18.3. The van der Waals surface area contributed by atoms with Crippen LogP contribution in [0.5, 0.6) is 17.2 Å². The van der Waals surface area contributed by atoms with Crippen LogP contribution in [0.3, 0.4) is 0 Å². The second kappa shape index (κ2) is 9.24. The molecule has 1 aromatic heterocycles.